The minimum Gasteiger partial charge on any atom is -0.344 e. The van der Waals surface area contributed by atoms with Gasteiger partial charge in [-0.05, 0) is 30.5 Å². The summed E-state index contributed by atoms with van der Waals surface area (Å²) in [6.45, 7) is 3.98. The van der Waals surface area contributed by atoms with Crippen molar-refractivity contribution in [2.75, 3.05) is 6.54 Å². The molecule has 3 nitrogen and oxygen atoms in total. The fraction of sp³-hybridized carbons (Fsp3) is 0.400. The van der Waals surface area contributed by atoms with Crippen LogP contribution in [0.3, 0.4) is 0 Å². The smallest absolute Gasteiger partial charge is 0.113 e. The molecule has 1 atom stereocenters. The maximum absolute atomic E-state index is 4.55. The summed E-state index contributed by atoms with van der Waals surface area (Å²) in [6, 6.07) is 8.72. The average molecular weight is 241 g/mol. The highest BCUT2D eigenvalue weighted by Crippen LogP contribution is 2.36. The number of H-pyrrole nitrogens is 1. The van der Waals surface area contributed by atoms with Crippen LogP contribution in [0, 0.1) is 0 Å². The molecule has 0 bridgehead atoms. The summed E-state index contributed by atoms with van der Waals surface area (Å²) in [7, 11) is 0. The van der Waals surface area contributed by atoms with Crippen LogP contribution in [0.5, 0.6) is 0 Å². The highest BCUT2D eigenvalue weighted by Gasteiger charge is 2.25. The lowest BCUT2D eigenvalue weighted by Gasteiger charge is -2.08. The van der Waals surface area contributed by atoms with Gasteiger partial charge in [0.05, 0.1) is 0 Å². The first-order valence-electron chi connectivity index (χ1n) is 6.70. The van der Waals surface area contributed by atoms with Gasteiger partial charge in [0.2, 0.25) is 0 Å². The van der Waals surface area contributed by atoms with Gasteiger partial charge in [-0.3, -0.25) is 0 Å². The fourth-order valence-corrected chi connectivity index (χ4v) is 2.74. The number of aromatic nitrogens is 2. The van der Waals surface area contributed by atoms with Crippen LogP contribution in [0.4, 0.5) is 0 Å². The normalized spacial score (nSPS) is 17.9. The van der Waals surface area contributed by atoms with Crippen LogP contribution < -0.4 is 5.32 Å². The molecule has 1 aromatic carbocycles. The molecule has 2 N–H and O–H groups in total. The molecule has 18 heavy (non-hydrogen) atoms. The largest absolute Gasteiger partial charge is 0.344 e. The van der Waals surface area contributed by atoms with E-state index in [2.05, 4.69) is 46.5 Å². The zero-order chi connectivity index (χ0) is 12.4. The van der Waals surface area contributed by atoms with Gasteiger partial charge < -0.3 is 10.3 Å². The Morgan fingerprint density at radius 1 is 1.39 bits per heavy atom. The van der Waals surface area contributed by atoms with Gasteiger partial charge in [-0.25, -0.2) is 4.98 Å². The van der Waals surface area contributed by atoms with Crippen LogP contribution in [0.15, 0.2) is 30.5 Å². The molecule has 3 heteroatoms. The Kier molecular flexibility index (Phi) is 3.15. The molecule has 0 spiro atoms. The Balaban J connectivity index is 1.82. The van der Waals surface area contributed by atoms with Gasteiger partial charge in [0, 0.05) is 24.4 Å². The van der Waals surface area contributed by atoms with Crippen molar-refractivity contribution in [3.8, 4) is 0 Å². The van der Waals surface area contributed by atoms with Crippen LogP contribution in [0.25, 0.3) is 0 Å². The number of benzene rings is 1. The molecular weight excluding hydrogens is 222 g/mol. The standard InChI is InChI=1S/C15H19N3/c1-2-16-9-12-10-17-15(18-12)14-8-7-11-5-3-4-6-13(11)14/h3-6,10,14,16H,2,7-9H2,1H3,(H,17,18). The molecule has 3 rings (SSSR count). The Hall–Kier alpha value is -1.61. The van der Waals surface area contributed by atoms with Crippen LogP contribution in [-0.4, -0.2) is 16.5 Å². The third-order valence-corrected chi connectivity index (χ3v) is 3.68. The van der Waals surface area contributed by atoms with E-state index in [1.165, 1.54) is 29.7 Å². The molecular formula is C15H19N3. The summed E-state index contributed by atoms with van der Waals surface area (Å²) >= 11 is 0. The van der Waals surface area contributed by atoms with Crippen molar-refractivity contribution < 1.29 is 0 Å². The molecule has 0 saturated carbocycles. The summed E-state index contributed by atoms with van der Waals surface area (Å²) in [5.74, 6) is 1.57. The summed E-state index contributed by atoms with van der Waals surface area (Å²) in [4.78, 5) is 8.01. The molecule has 1 aliphatic rings. The van der Waals surface area contributed by atoms with Gasteiger partial charge >= 0.3 is 0 Å². The van der Waals surface area contributed by atoms with Crippen molar-refractivity contribution in [1.82, 2.24) is 15.3 Å². The van der Waals surface area contributed by atoms with Crippen LogP contribution >= 0.6 is 0 Å². The zero-order valence-corrected chi connectivity index (χ0v) is 10.7. The average Bonchev–Trinajstić information content (AvgIpc) is 3.02. The molecule has 0 fully saturated rings. The molecule has 1 aliphatic carbocycles. The molecule has 1 aromatic heterocycles. The van der Waals surface area contributed by atoms with Gasteiger partial charge in [-0.2, -0.15) is 0 Å². The van der Waals surface area contributed by atoms with Crippen molar-refractivity contribution >= 4 is 0 Å². The number of hydrogen-bond acceptors (Lipinski definition) is 2. The number of hydrogen-bond donors (Lipinski definition) is 2. The second-order valence-electron chi connectivity index (χ2n) is 4.86. The Morgan fingerprint density at radius 2 is 2.28 bits per heavy atom. The summed E-state index contributed by atoms with van der Waals surface area (Å²) < 4.78 is 0. The third kappa shape index (κ3) is 2.06. The first kappa shape index (κ1) is 11.5. The molecule has 94 valence electrons. The molecule has 0 saturated heterocycles. The minimum absolute atomic E-state index is 0.455. The van der Waals surface area contributed by atoms with Gasteiger partial charge in [0.25, 0.3) is 0 Å². The highest BCUT2D eigenvalue weighted by molar-refractivity contribution is 5.38. The predicted octanol–water partition coefficient (Wildman–Crippen LogP) is 2.60. The number of nitrogens with one attached hydrogen (secondary N) is 2. The summed E-state index contributed by atoms with van der Waals surface area (Å²) in [5, 5.41) is 3.32. The maximum Gasteiger partial charge on any atom is 0.113 e. The van der Waals surface area contributed by atoms with E-state index in [0.29, 0.717) is 5.92 Å². The van der Waals surface area contributed by atoms with E-state index in [1.807, 2.05) is 6.20 Å². The molecule has 0 aliphatic heterocycles. The van der Waals surface area contributed by atoms with Gasteiger partial charge in [0.15, 0.2) is 0 Å². The molecule has 0 radical (unpaired) electrons. The summed E-state index contributed by atoms with van der Waals surface area (Å²) in [6.07, 6.45) is 4.30. The van der Waals surface area contributed by atoms with E-state index in [4.69, 9.17) is 0 Å². The lowest BCUT2D eigenvalue weighted by molar-refractivity contribution is 0.701. The quantitative estimate of drug-likeness (QED) is 0.864. The van der Waals surface area contributed by atoms with E-state index < -0.39 is 0 Å². The number of fused-ring (bicyclic) bond motifs is 1. The zero-order valence-electron chi connectivity index (χ0n) is 10.7. The Morgan fingerprint density at radius 3 is 3.17 bits per heavy atom. The number of aryl methyl sites for hydroxylation is 1. The van der Waals surface area contributed by atoms with Crippen LogP contribution in [0.2, 0.25) is 0 Å². The van der Waals surface area contributed by atoms with E-state index in [0.717, 1.165) is 18.9 Å². The molecule has 1 unspecified atom stereocenters. The summed E-state index contributed by atoms with van der Waals surface area (Å²) in [5.41, 5.74) is 4.10. The fourth-order valence-electron chi connectivity index (χ4n) is 2.74. The second kappa shape index (κ2) is 4.94. The number of aromatic amines is 1. The van der Waals surface area contributed by atoms with Crippen molar-refractivity contribution in [2.24, 2.45) is 0 Å². The molecule has 1 heterocycles. The van der Waals surface area contributed by atoms with Crippen molar-refractivity contribution in [3.63, 3.8) is 0 Å². The minimum atomic E-state index is 0.455. The molecule has 2 aromatic rings. The second-order valence-corrected chi connectivity index (χ2v) is 4.86. The number of rotatable bonds is 4. The lowest BCUT2D eigenvalue weighted by atomic mass is 10.0. The van der Waals surface area contributed by atoms with Crippen molar-refractivity contribution in [2.45, 2.75) is 32.2 Å². The van der Waals surface area contributed by atoms with E-state index in [1.54, 1.807) is 0 Å². The SMILES string of the molecule is CCNCc1cnc(C2CCc3ccccc32)[nH]1. The number of nitrogens with zero attached hydrogens (tertiary/aromatic N) is 1. The lowest BCUT2D eigenvalue weighted by Crippen LogP contribution is -2.12. The van der Waals surface area contributed by atoms with E-state index >= 15 is 0 Å². The Bertz CT molecular complexity index is 530. The topological polar surface area (TPSA) is 40.7 Å². The van der Waals surface area contributed by atoms with Gasteiger partial charge in [-0.15, -0.1) is 0 Å². The Labute approximate surface area is 108 Å². The molecule has 0 amide bonds. The van der Waals surface area contributed by atoms with Gasteiger partial charge in [0.1, 0.15) is 5.82 Å². The number of imidazole rings is 1. The van der Waals surface area contributed by atoms with Gasteiger partial charge in [-0.1, -0.05) is 31.2 Å². The van der Waals surface area contributed by atoms with E-state index in [9.17, 15) is 0 Å². The van der Waals surface area contributed by atoms with Crippen LogP contribution in [0.1, 0.15) is 41.9 Å². The van der Waals surface area contributed by atoms with Crippen molar-refractivity contribution in [1.29, 1.82) is 0 Å². The highest BCUT2D eigenvalue weighted by atomic mass is 15.0. The third-order valence-electron chi connectivity index (χ3n) is 3.68. The monoisotopic (exact) mass is 241 g/mol. The van der Waals surface area contributed by atoms with Crippen LogP contribution in [-0.2, 0) is 13.0 Å². The predicted molar refractivity (Wildman–Crippen MR) is 72.6 cm³/mol. The first-order chi connectivity index (χ1) is 8.88. The first-order valence-corrected chi connectivity index (χ1v) is 6.70. The van der Waals surface area contributed by atoms with E-state index in [-0.39, 0.29) is 0 Å². The van der Waals surface area contributed by atoms with Crippen molar-refractivity contribution in [3.05, 3.63) is 53.1 Å². The maximum atomic E-state index is 4.55.